The Morgan fingerprint density at radius 2 is 2.11 bits per heavy atom. The van der Waals surface area contributed by atoms with Gasteiger partial charge in [-0.1, -0.05) is 12.8 Å². The summed E-state index contributed by atoms with van der Waals surface area (Å²) in [7, 11) is 0. The van der Waals surface area contributed by atoms with Gasteiger partial charge in [0.25, 0.3) is 5.56 Å². The van der Waals surface area contributed by atoms with Crippen molar-refractivity contribution in [3.8, 4) is 0 Å². The highest BCUT2D eigenvalue weighted by Gasteiger charge is 2.13. The third kappa shape index (κ3) is 3.42. The van der Waals surface area contributed by atoms with Gasteiger partial charge in [-0.25, -0.2) is 4.98 Å². The van der Waals surface area contributed by atoms with Crippen molar-refractivity contribution < 1.29 is 0 Å². The Kier molecular flexibility index (Phi) is 4.53. The molecule has 1 fully saturated rings. The Balaban J connectivity index is 1.81. The van der Waals surface area contributed by atoms with Crippen molar-refractivity contribution in [3.05, 3.63) is 27.9 Å². The molecule has 0 amide bonds. The fourth-order valence-electron chi connectivity index (χ4n) is 2.75. The first-order valence-corrected chi connectivity index (χ1v) is 6.92. The summed E-state index contributed by atoms with van der Waals surface area (Å²) in [5, 5.41) is 3.46. The number of aromatic nitrogens is 2. The molecule has 0 aliphatic heterocycles. The smallest absolute Gasteiger partial charge is 0.253 e. The van der Waals surface area contributed by atoms with E-state index in [2.05, 4.69) is 10.3 Å². The Morgan fingerprint density at radius 1 is 1.39 bits per heavy atom. The minimum atomic E-state index is 0.0580. The van der Waals surface area contributed by atoms with Crippen LogP contribution in [0.1, 0.15) is 37.2 Å². The van der Waals surface area contributed by atoms with Gasteiger partial charge in [0.15, 0.2) is 0 Å². The molecule has 1 aromatic rings. The zero-order chi connectivity index (χ0) is 13.0. The third-order valence-corrected chi connectivity index (χ3v) is 3.75. The van der Waals surface area contributed by atoms with E-state index in [0.717, 1.165) is 30.5 Å². The van der Waals surface area contributed by atoms with Gasteiger partial charge < -0.3 is 5.32 Å². The van der Waals surface area contributed by atoms with Crippen molar-refractivity contribution in [2.24, 2.45) is 5.92 Å². The number of nitrogens with zero attached hydrogens (tertiary/aromatic N) is 2. The molecule has 0 spiro atoms. The van der Waals surface area contributed by atoms with Crippen molar-refractivity contribution in [2.75, 3.05) is 13.1 Å². The van der Waals surface area contributed by atoms with Gasteiger partial charge in [0.1, 0.15) is 5.82 Å². The molecule has 2 rings (SSSR count). The first-order chi connectivity index (χ1) is 8.66. The molecule has 4 nitrogen and oxygen atoms in total. The van der Waals surface area contributed by atoms with Crippen molar-refractivity contribution in [2.45, 2.75) is 46.1 Å². The summed E-state index contributed by atoms with van der Waals surface area (Å²) in [4.78, 5) is 16.1. The normalized spacial score (nSPS) is 16.3. The van der Waals surface area contributed by atoms with E-state index in [1.54, 1.807) is 10.6 Å². The second kappa shape index (κ2) is 6.14. The van der Waals surface area contributed by atoms with E-state index < -0.39 is 0 Å². The predicted molar refractivity (Wildman–Crippen MR) is 72.8 cm³/mol. The van der Waals surface area contributed by atoms with Crippen LogP contribution in [0, 0.1) is 19.8 Å². The summed E-state index contributed by atoms with van der Waals surface area (Å²) in [6.45, 7) is 6.40. The average molecular weight is 249 g/mol. The van der Waals surface area contributed by atoms with Gasteiger partial charge in [-0.15, -0.1) is 0 Å². The summed E-state index contributed by atoms with van der Waals surface area (Å²) < 4.78 is 1.74. The molecule has 0 unspecified atom stereocenters. The highest BCUT2D eigenvalue weighted by molar-refractivity contribution is 5.01. The van der Waals surface area contributed by atoms with Crippen molar-refractivity contribution in [3.63, 3.8) is 0 Å². The Morgan fingerprint density at radius 3 is 2.78 bits per heavy atom. The van der Waals surface area contributed by atoms with Crippen LogP contribution in [0.25, 0.3) is 0 Å². The molecule has 1 aliphatic carbocycles. The number of nitrogens with one attached hydrogen (secondary N) is 1. The van der Waals surface area contributed by atoms with Crippen LogP contribution in [-0.2, 0) is 6.54 Å². The second-order valence-electron chi connectivity index (χ2n) is 5.29. The van der Waals surface area contributed by atoms with Crippen molar-refractivity contribution in [1.29, 1.82) is 0 Å². The summed E-state index contributed by atoms with van der Waals surface area (Å²) in [5.74, 6) is 1.65. The highest BCUT2D eigenvalue weighted by atomic mass is 16.1. The minimum Gasteiger partial charge on any atom is -0.315 e. The van der Waals surface area contributed by atoms with E-state index in [1.807, 2.05) is 13.8 Å². The van der Waals surface area contributed by atoms with Crippen LogP contribution >= 0.6 is 0 Å². The van der Waals surface area contributed by atoms with Crippen LogP contribution in [0.15, 0.2) is 10.9 Å². The molecule has 1 N–H and O–H groups in total. The molecular formula is C14H23N3O. The number of hydrogen-bond donors (Lipinski definition) is 1. The van der Waals surface area contributed by atoms with E-state index in [9.17, 15) is 4.79 Å². The third-order valence-electron chi connectivity index (χ3n) is 3.75. The molecule has 1 aliphatic rings. The summed E-state index contributed by atoms with van der Waals surface area (Å²) in [5.41, 5.74) is 0.857. The van der Waals surface area contributed by atoms with Crippen LogP contribution in [0.3, 0.4) is 0 Å². The van der Waals surface area contributed by atoms with Crippen LogP contribution < -0.4 is 10.9 Å². The van der Waals surface area contributed by atoms with Crippen LogP contribution in [0.2, 0.25) is 0 Å². The quantitative estimate of drug-likeness (QED) is 0.807. The van der Waals surface area contributed by atoms with Gasteiger partial charge >= 0.3 is 0 Å². The number of rotatable bonds is 5. The summed E-state index contributed by atoms with van der Waals surface area (Å²) >= 11 is 0. The van der Waals surface area contributed by atoms with Crippen LogP contribution in [0.5, 0.6) is 0 Å². The largest absolute Gasteiger partial charge is 0.315 e. The minimum absolute atomic E-state index is 0.0580. The topological polar surface area (TPSA) is 46.9 Å². The van der Waals surface area contributed by atoms with Gasteiger partial charge in [0.2, 0.25) is 0 Å². The Hall–Kier alpha value is -1.16. The number of hydrogen-bond acceptors (Lipinski definition) is 3. The predicted octanol–water partition coefficient (Wildman–Crippen LogP) is 1.64. The maximum Gasteiger partial charge on any atom is 0.253 e. The monoisotopic (exact) mass is 249 g/mol. The average Bonchev–Trinajstić information content (AvgIpc) is 2.79. The molecule has 18 heavy (non-hydrogen) atoms. The molecule has 0 saturated heterocycles. The van der Waals surface area contributed by atoms with Crippen molar-refractivity contribution >= 4 is 0 Å². The molecule has 1 saturated carbocycles. The standard InChI is InChI=1S/C14H23N3O/c1-11-9-14(18)17(12(2)16-11)8-7-15-10-13-5-3-4-6-13/h9,13,15H,3-8,10H2,1-2H3. The van der Waals surface area contributed by atoms with E-state index >= 15 is 0 Å². The molecule has 100 valence electrons. The van der Waals surface area contributed by atoms with E-state index in [0.29, 0.717) is 6.54 Å². The summed E-state index contributed by atoms with van der Waals surface area (Å²) in [6, 6.07) is 1.60. The van der Waals surface area contributed by atoms with Crippen LogP contribution in [0.4, 0.5) is 0 Å². The van der Waals surface area contributed by atoms with Gasteiger partial charge in [-0.2, -0.15) is 0 Å². The molecule has 1 heterocycles. The Labute approximate surface area is 108 Å². The lowest BCUT2D eigenvalue weighted by Crippen LogP contribution is -2.31. The van der Waals surface area contributed by atoms with E-state index in [-0.39, 0.29) is 5.56 Å². The zero-order valence-electron chi connectivity index (χ0n) is 11.4. The SMILES string of the molecule is Cc1cc(=O)n(CCNCC2CCCC2)c(C)n1. The molecule has 4 heteroatoms. The van der Waals surface area contributed by atoms with Gasteiger partial charge in [-0.05, 0) is 39.2 Å². The fraction of sp³-hybridized carbons (Fsp3) is 0.714. The first kappa shape index (κ1) is 13.3. The molecule has 0 atom stereocenters. The molecule has 1 aromatic heterocycles. The lowest BCUT2D eigenvalue weighted by atomic mass is 10.1. The molecule has 0 aromatic carbocycles. The summed E-state index contributed by atoms with van der Waals surface area (Å²) in [6.07, 6.45) is 5.48. The molecule has 0 radical (unpaired) electrons. The first-order valence-electron chi connectivity index (χ1n) is 6.92. The van der Waals surface area contributed by atoms with Crippen LogP contribution in [-0.4, -0.2) is 22.6 Å². The maximum absolute atomic E-state index is 11.8. The van der Waals surface area contributed by atoms with Crippen molar-refractivity contribution in [1.82, 2.24) is 14.9 Å². The highest BCUT2D eigenvalue weighted by Crippen LogP contribution is 2.23. The second-order valence-corrected chi connectivity index (χ2v) is 5.29. The van der Waals surface area contributed by atoms with E-state index in [4.69, 9.17) is 0 Å². The molecular weight excluding hydrogens is 226 g/mol. The van der Waals surface area contributed by atoms with Gasteiger partial charge in [0.05, 0.1) is 0 Å². The molecule has 0 bridgehead atoms. The lowest BCUT2D eigenvalue weighted by Gasteiger charge is -2.12. The van der Waals surface area contributed by atoms with Gasteiger partial charge in [-0.3, -0.25) is 9.36 Å². The van der Waals surface area contributed by atoms with E-state index in [1.165, 1.54) is 25.7 Å². The Bertz CT molecular complexity index is 447. The lowest BCUT2D eigenvalue weighted by molar-refractivity contribution is 0.470. The van der Waals surface area contributed by atoms with Gasteiger partial charge in [0, 0.05) is 24.8 Å². The number of aryl methyl sites for hydroxylation is 2. The maximum atomic E-state index is 11.8. The fourth-order valence-corrected chi connectivity index (χ4v) is 2.75. The zero-order valence-corrected chi connectivity index (χ0v) is 11.4.